The molecule has 1 aliphatic heterocycles. The van der Waals surface area contributed by atoms with Crippen LogP contribution >= 0.6 is 0 Å². The third kappa shape index (κ3) is 3.53. The number of aryl methyl sites for hydroxylation is 1. The molecule has 0 aromatic carbocycles. The molecule has 2 rings (SSSR count). The first-order chi connectivity index (χ1) is 9.99. The molecule has 1 unspecified atom stereocenters. The van der Waals surface area contributed by atoms with Gasteiger partial charge in [-0.15, -0.1) is 0 Å². The van der Waals surface area contributed by atoms with Gasteiger partial charge in [-0.1, -0.05) is 13.8 Å². The van der Waals surface area contributed by atoms with Gasteiger partial charge in [-0.2, -0.15) is 0 Å². The Hall–Kier alpha value is -1.62. The van der Waals surface area contributed by atoms with Crippen LogP contribution in [0, 0.1) is 6.92 Å². The lowest BCUT2D eigenvalue weighted by atomic mass is 9.86. The van der Waals surface area contributed by atoms with Crippen LogP contribution in [0.5, 0.6) is 0 Å². The zero-order valence-electron chi connectivity index (χ0n) is 13.0. The van der Waals surface area contributed by atoms with Crippen LogP contribution in [0.4, 0.5) is 5.69 Å². The summed E-state index contributed by atoms with van der Waals surface area (Å²) in [6.07, 6.45) is 5.17. The van der Waals surface area contributed by atoms with Gasteiger partial charge in [0.1, 0.15) is 5.56 Å². The van der Waals surface area contributed by atoms with Crippen LogP contribution in [0.15, 0.2) is 12.3 Å². The Bertz CT molecular complexity index is 512. The summed E-state index contributed by atoms with van der Waals surface area (Å²) in [5.41, 5.74) is 1.61. The molecule has 5 nitrogen and oxygen atoms in total. The number of aromatic nitrogens is 1. The van der Waals surface area contributed by atoms with Gasteiger partial charge in [0, 0.05) is 24.5 Å². The van der Waals surface area contributed by atoms with E-state index in [0.29, 0.717) is 12.3 Å². The SMILES string of the molecule is CCC1(CC)CC(Nc2cc(C)ncc2C(=O)O)CCO1. The molecular formula is C16H24N2O3. The second-order valence-electron chi connectivity index (χ2n) is 5.75. The van der Waals surface area contributed by atoms with Gasteiger partial charge in [0.05, 0.1) is 11.3 Å². The molecule has 1 aliphatic rings. The number of aromatic carboxylic acids is 1. The topological polar surface area (TPSA) is 71.5 Å². The van der Waals surface area contributed by atoms with Crippen molar-refractivity contribution in [2.75, 3.05) is 11.9 Å². The smallest absolute Gasteiger partial charge is 0.339 e. The summed E-state index contributed by atoms with van der Waals surface area (Å²) in [4.78, 5) is 15.4. The van der Waals surface area contributed by atoms with Gasteiger partial charge in [0.2, 0.25) is 0 Å². The standard InChI is InChI=1S/C16H24N2O3/c1-4-16(5-2)9-12(6-7-21-16)18-14-8-11(3)17-10-13(14)15(19)20/h8,10,12H,4-7,9H2,1-3H3,(H,17,18)(H,19,20). The predicted octanol–water partition coefficient (Wildman–Crippen LogP) is 3.24. The Morgan fingerprint density at radius 1 is 1.52 bits per heavy atom. The van der Waals surface area contributed by atoms with Crippen molar-refractivity contribution in [1.29, 1.82) is 0 Å². The maximum Gasteiger partial charge on any atom is 0.339 e. The lowest BCUT2D eigenvalue weighted by Gasteiger charge is -2.40. The van der Waals surface area contributed by atoms with Gasteiger partial charge in [-0.05, 0) is 38.7 Å². The van der Waals surface area contributed by atoms with Crippen molar-refractivity contribution < 1.29 is 14.6 Å². The second kappa shape index (κ2) is 6.43. The van der Waals surface area contributed by atoms with E-state index in [-0.39, 0.29) is 17.2 Å². The van der Waals surface area contributed by atoms with Crippen LogP contribution in [-0.2, 0) is 4.74 Å². The van der Waals surface area contributed by atoms with Crippen LogP contribution in [-0.4, -0.2) is 34.3 Å². The molecule has 0 aliphatic carbocycles. The number of rotatable bonds is 5. The maximum absolute atomic E-state index is 11.3. The normalized spacial score (nSPS) is 21.0. The molecule has 1 fully saturated rings. The third-order valence-electron chi connectivity index (χ3n) is 4.41. The number of anilines is 1. The molecule has 21 heavy (non-hydrogen) atoms. The number of hydrogen-bond acceptors (Lipinski definition) is 4. The fourth-order valence-electron chi connectivity index (χ4n) is 2.96. The van der Waals surface area contributed by atoms with E-state index in [1.54, 1.807) is 6.07 Å². The second-order valence-corrected chi connectivity index (χ2v) is 5.75. The Kier molecular flexibility index (Phi) is 4.83. The van der Waals surface area contributed by atoms with Crippen molar-refractivity contribution in [3.8, 4) is 0 Å². The summed E-state index contributed by atoms with van der Waals surface area (Å²) in [5, 5.41) is 12.7. The highest BCUT2D eigenvalue weighted by atomic mass is 16.5. The summed E-state index contributed by atoms with van der Waals surface area (Å²) in [6.45, 7) is 6.87. The zero-order chi connectivity index (χ0) is 15.5. The van der Waals surface area contributed by atoms with Crippen molar-refractivity contribution in [2.45, 2.75) is 58.1 Å². The highest BCUT2D eigenvalue weighted by Gasteiger charge is 2.34. The summed E-state index contributed by atoms with van der Waals surface area (Å²) in [5.74, 6) is -0.950. The summed E-state index contributed by atoms with van der Waals surface area (Å²) < 4.78 is 5.96. The van der Waals surface area contributed by atoms with Crippen LogP contribution in [0.1, 0.15) is 55.6 Å². The monoisotopic (exact) mass is 292 g/mol. The Morgan fingerprint density at radius 3 is 2.86 bits per heavy atom. The van der Waals surface area contributed by atoms with Crippen molar-refractivity contribution in [1.82, 2.24) is 4.98 Å². The van der Waals surface area contributed by atoms with Crippen molar-refractivity contribution >= 4 is 11.7 Å². The molecule has 2 N–H and O–H groups in total. The van der Waals surface area contributed by atoms with Crippen molar-refractivity contribution in [2.24, 2.45) is 0 Å². The first-order valence-corrected chi connectivity index (χ1v) is 7.60. The molecular weight excluding hydrogens is 268 g/mol. The maximum atomic E-state index is 11.3. The van der Waals surface area contributed by atoms with Crippen LogP contribution in [0.2, 0.25) is 0 Å². The molecule has 1 atom stereocenters. The molecule has 0 amide bonds. The van der Waals surface area contributed by atoms with Crippen LogP contribution in [0.25, 0.3) is 0 Å². The Morgan fingerprint density at radius 2 is 2.24 bits per heavy atom. The van der Waals surface area contributed by atoms with Gasteiger partial charge in [-0.25, -0.2) is 4.79 Å². The summed E-state index contributed by atoms with van der Waals surface area (Å²) >= 11 is 0. The molecule has 0 saturated carbocycles. The number of carboxylic acid groups (broad SMARTS) is 1. The lowest BCUT2D eigenvalue weighted by Crippen LogP contribution is -2.43. The van der Waals surface area contributed by atoms with Gasteiger partial charge >= 0.3 is 5.97 Å². The average molecular weight is 292 g/mol. The molecule has 116 valence electrons. The molecule has 1 aromatic rings. The van der Waals surface area contributed by atoms with Crippen molar-refractivity contribution in [3.63, 3.8) is 0 Å². The number of hydrogen-bond donors (Lipinski definition) is 2. The average Bonchev–Trinajstić information content (AvgIpc) is 2.47. The Balaban J connectivity index is 2.18. The van der Waals surface area contributed by atoms with E-state index in [0.717, 1.165) is 31.4 Å². The number of carbonyl (C=O) groups is 1. The number of pyridine rings is 1. The minimum atomic E-state index is -0.950. The number of carboxylic acids is 1. The molecule has 0 radical (unpaired) electrons. The molecule has 1 saturated heterocycles. The van der Waals surface area contributed by atoms with Crippen LogP contribution < -0.4 is 5.32 Å². The largest absolute Gasteiger partial charge is 0.478 e. The molecule has 2 heterocycles. The number of nitrogens with one attached hydrogen (secondary N) is 1. The number of nitrogens with zero attached hydrogens (tertiary/aromatic N) is 1. The van der Waals surface area contributed by atoms with E-state index in [4.69, 9.17) is 4.74 Å². The van der Waals surface area contributed by atoms with Gasteiger partial charge < -0.3 is 15.2 Å². The molecule has 5 heteroatoms. The summed E-state index contributed by atoms with van der Waals surface area (Å²) in [7, 11) is 0. The summed E-state index contributed by atoms with van der Waals surface area (Å²) in [6, 6.07) is 2.04. The minimum absolute atomic E-state index is 0.0820. The van der Waals surface area contributed by atoms with E-state index < -0.39 is 5.97 Å². The fourth-order valence-corrected chi connectivity index (χ4v) is 2.96. The molecule has 0 spiro atoms. The van der Waals surface area contributed by atoms with E-state index in [1.807, 2.05) is 6.92 Å². The van der Waals surface area contributed by atoms with Gasteiger partial charge in [0.25, 0.3) is 0 Å². The van der Waals surface area contributed by atoms with Crippen molar-refractivity contribution in [3.05, 3.63) is 23.5 Å². The van der Waals surface area contributed by atoms with Gasteiger partial charge in [-0.3, -0.25) is 4.98 Å². The van der Waals surface area contributed by atoms with E-state index in [9.17, 15) is 9.90 Å². The quantitative estimate of drug-likeness (QED) is 0.871. The highest BCUT2D eigenvalue weighted by Crippen LogP contribution is 2.33. The first kappa shape index (κ1) is 15.8. The van der Waals surface area contributed by atoms with E-state index in [1.165, 1.54) is 6.20 Å². The van der Waals surface area contributed by atoms with E-state index >= 15 is 0 Å². The minimum Gasteiger partial charge on any atom is -0.478 e. The van der Waals surface area contributed by atoms with Crippen LogP contribution in [0.3, 0.4) is 0 Å². The fraction of sp³-hybridized carbons (Fsp3) is 0.625. The highest BCUT2D eigenvalue weighted by molar-refractivity contribution is 5.93. The van der Waals surface area contributed by atoms with E-state index in [2.05, 4.69) is 24.1 Å². The molecule has 0 bridgehead atoms. The predicted molar refractivity (Wildman–Crippen MR) is 81.8 cm³/mol. The van der Waals surface area contributed by atoms with Gasteiger partial charge in [0.15, 0.2) is 0 Å². The first-order valence-electron chi connectivity index (χ1n) is 7.60. The molecule has 1 aromatic heterocycles. The zero-order valence-corrected chi connectivity index (χ0v) is 13.0. The number of ether oxygens (including phenoxy) is 1. The lowest BCUT2D eigenvalue weighted by molar-refractivity contribution is -0.0864. The third-order valence-corrected chi connectivity index (χ3v) is 4.41. The Labute approximate surface area is 125 Å².